The number of nitrogens with one attached hydrogen (secondary N) is 2. The summed E-state index contributed by atoms with van der Waals surface area (Å²) in [4.78, 5) is 27.9. The van der Waals surface area contributed by atoms with Crippen LogP contribution in [-0.2, 0) is 11.3 Å². The SMILES string of the molecule is CC(NC(=O)c1ccc(C(F)F)nc1)c1ccc(NC(=O)OCc2ccc(Cl)cc2)cc1. The highest BCUT2D eigenvalue weighted by molar-refractivity contribution is 6.30. The van der Waals surface area contributed by atoms with Crippen LogP contribution >= 0.6 is 11.6 Å². The average Bonchev–Trinajstić information content (AvgIpc) is 2.79. The van der Waals surface area contributed by atoms with Gasteiger partial charge in [-0.05, 0) is 54.4 Å². The highest BCUT2D eigenvalue weighted by Gasteiger charge is 2.14. The summed E-state index contributed by atoms with van der Waals surface area (Å²) in [7, 11) is 0. The van der Waals surface area contributed by atoms with E-state index in [4.69, 9.17) is 16.3 Å². The number of alkyl halides is 2. The van der Waals surface area contributed by atoms with Crippen LogP contribution in [0.3, 0.4) is 0 Å². The van der Waals surface area contributed by atoms with Gasteiger partial charge in [0.15, 0.2) is 0 Å². The van der Waals surface area contributed by atoms with Crippen LogP contribution in [0.5, 0.6) is 0 Å². The molecule has 0 bridgehead atoms. The lowest BCUT2D eigenvalue weighted by Gasteiger charge is -2.15. The van der Waals surface area contributed by atoms with Gasteiger partial charge in [-0.15, -0.1) is 0 Å². The second kappa shape index (κ2) is 10.7. The third-order valence-corrected chi connectivity index (χ3v) is 4.81. The lowest BCUT2D eigenvalue weighted by Crippen LogP contribution is -2.26. The van der Waals surface area contributed by atoms with Gasteiger partial charge in [0.2, 0.25) is 0 Å². The van der Waals surface area contributed by atoms with Crippen molar-refractivity contribution in [1.29, 1.82) is 0 Å². The number of ether oxygens (including phenoxy) is 1. The standard InChI is InChI=1S/C23H20ClF2N3O3/c1-14(28-22(30)17-6-11-20(21(25)26)27-12-17)16-4-9-19(10-5-16)29-23(31)32-13-15-2-7-18(24)8-3-15/h2-12,14,21H,13H2,1H3,(H,28,30)(H,29,31). The highest BCUT2D eigenvalue weighted by Crippen LogP contribution is 2.19. The Bertz CT molecular complexity index is 1060. The maximum Gasteiger partial charge on any atom is 0.411 e. The van der Waals surface area contributed by atoms with E-state index in [2.05, 4.69) is 15.6 Å². The van der Waals surface area contributed by atoms with Crippen LogP contribution in [0.25, 0.3) is 0 Å². The minimum atomic E-state index is -2.69. The Hall–Kier alpha value is -3.52. The number of pyridine rings is 1. The van der Waals surface area contributed by atoms with E-state index >= 15 is 0 Å². The lowest BCUT2D eigenvalue weighted by molar-refractivity contribution is 0.0938. The summed E-state index contributed by atoms with van der Waals surface area (Å²) in [5, 5.41) is 6.00. The van der Waals surface area contributed by atoms with Gasteiger partial charge in [0, 0.05) is 16.9 Å². The van der Waals surface area contributed by atoms with Crippen molar-refractivity contribution in [3.63, 3.8) is 0 Å². The molecule has 2 amide bonds. The Labute approximate surface area is 188 Å². The summed E-state index contributed by atoms with van der Waals surface area (Å²) in [6.07, 6.45) is -2.17. The smallest absolute Gasteiger partial charge is 0.411 e. The molecule has 6 nitrogen and oxygen atoms in total. The molecule has 9 heteroatoms. The normalized spacial score (nSPS) is 11.7. The van der Waals surface area contributed by atoms with E-state index in [1.165, 1.54) is 6.07 Å². The molecule has 0 aliphatic rings. The molecule has 1 unspecified atom stereocenters. The number of hydrogen-bond donors (Lipinski definition) is 2. The molecule has 0 spiro atoms. The first-order valence-electron chi connectivity index (χ1n) is 9.65. The van der Waals surface area contributed by atoms with Crippen LogP contribution in [-0.4, -0.2) is 17.0 Å². The van der Waals surface area contributed by atoms with Gasteiger partial charge in [0.1, 0.15) is 12.3 Å². The number of benzene rings is 2. The number of nitrogens with zero attached hydrogens (tertiary/aromatic N) is 1. The molecule has 0 saturated heterocycles. The molecule has 166 valence electrons. The Balaban J connectivity index is 1.50. The first-order chi connectivity index (χ1) is 15.3. The Kier molecular flexibility index (Phi) is 7.72. The van der Waals surface area contributed by atoms with E-state index in [0.29, 0.717) is 10.7 Å². The Morgan fingerprint density at radius 3 is 2.31 bits per heavy atom. The number of rotatable bonds is 7. The van der Waals surface area contributed by atoms with Crippen LogP contribution in [0.4, 0.5) is 19.3 Å². The molecule has 3 rings (SSSR count). The molecule has 32 heavy (non-hydrogen) atoms. The molecule has 1 heterocycles. The van der Waals surface area contributed by atoms with Crippen LogP contribution in [0.2, 0.25) is 5.02 Å². The summed E-state index contributed by atoms with van der Waals surface area (Å²) < 4.78 is 30.3. The predicted molar refractivity (Wildman–Crippen MR) is 117 cm³/mol. The molecular weight excluding hydrogens is 440 g/mol. The van der Waals surface area contributed by atoms with E-state index < -0.39 is 18.4 Å². The molecule has 2 N–H and O–H groups in total. The van der Waals surface area contributed by atoms with Crippen molar-refractivity contribution >= 4 is 29.3 Å². The van der Waals surface area contributed by atoms with Gasteiger partial charge in [0.05, 0.1) is 11.6 Å². The van der Waals surface area contributed by atoms with Gasteiger partial charge >= 0.3 is 6.09 Å². The number of carbonyl (C=O) groups excluding carboxylic acids is 2. The molecule has 1 aromatic heterocycles. The van der Waals surface area contributed by atoms with Gasteiger partial charge < -0.3 is 10.1 Å². The average molecular weight is 460 g/mol. The molecule has 0 aliphatic heterocycles. The number of anilines is 1. The number of hydrogen-bond acceptors (Lipinski definition) is 4. The summed E-state index contributed by atoms with van der Waals surface area (Å²) in [6, 6.07) is 15.9. The zero-order valence-corrected chi connectivity index (χ0v) is 17.8. The van der Waals surface area contributed by atoms with Crippen molar-refractivity contribution in [1.82, 2.24) is 10.3 Å². The third-order valence-electron chi connectivity index (χ3n) is 4.56. The van der Waals surface area contributed by atoms with E-state index in [0.717, 1.165) is 23.4 Å². The summed E-state index contributed by atoms with van der Waals surface area (Å²) in [5.41, 5.74) is 1.92. The fourth-order valence-corrected chi connectivity index (χ4v) is 2.90. The molecule has 2 aromatic carbocycles. The predicted octanol–water partition coefficient (Wildman–Crippen LogP) is 5.91. The first-order valence-corrected chi connectivity index (χ1v) is 10.0. The van der Waals surface area contributed by atoms with Crippen molar-refractivity contribution in [2.45, 2.75) is 26.0 Å². The lowest BCUT2D eigenvalue weighted by atomic mass is 10.1. The van der Waals surface area contributed by atoms with E-state index in [1.807, 2.05) is 0 Å². The maximum absolute atomic E-state index is 12.6. The molecule has 1 atom stereocenters. The number of carbonyl (C=O) groups is 2. The first kappa shape index (κ1) is 23.1. The van der Waals surface area contributed by atoms with Crippen molar-refractivity contribution in [3.05, 3.63) is 94.3 Å². The van der Waals surface area contributed by atoms with Gasteiger partial charge in [-0.1, -0.05) is 35.9 Å². The molecular formula is C23H20ClF2N3O3. The molecule has 0 fully saturated rings. The number of halogens is 3. The highest BCUT2D eigenvalue weighted by atomic mass is 35.5. The van der Waals surface area contributed by atoms with Gasteiger partial charge in [-0.3, -0.25) is 15.1 Å². The fraction of sp³-hybridized carbons (Fsp3) is 0.174. The second-order valence-electron chi connectivity index (χ2n) is 6.92. The van der Waals surface area contributed by atoms with Crippen LogP contribution in [0.1, 0.15) is 46.6 Å². The minimum absolute atomic E-state index is 0.108. The topological polar surface area (TPSA) is 80.3 Å². The monoisotopic (exact) mass is 459 g/mol. The van der Waals surface area contributed by atoms with Crippen molar-refractivity contribution in [3.8, 4) is 0 Å². The zero-order chi connectivity index (χ0) is 23.1. The molecule has 0 aliphatic carbocycles. The van der Waals surface area contributed by atoms with Crippen LogP contribution < -0.4 is 10.6 Å². The Morgan fingerprint density at radius 1 is 1.03 bits per heavy atom. The zero-order valence-electron chi connectivity index (χ0n) is 17.0. The molecule has 3 aromatic rings. The fourth-order valence-electron chi connectivity index (χ4n) is 2.77. The van der Waals surface area contributed by atoms with Crippen molar-refractivity contribution in [2.75, 3.05) is 5.32 Å². The molecule has 0 saturated carbocycles. The van der Waals surface area contributed by atoms with E-state index in [-0.39, 0.29) is 23.9 Å². The summed E-state index contributed by atoms with van der Waals surface area (Å²) in [5.74, 6) is -0.432. The van der Waals surface area contributed by atoms with Crippen molar-refractivity contribution < 1.29 is 23.1 Å². The molecule has 0 radical (unpaired) electrons. The van der Waals surface area contributed by atoms with E-state index in [1.54, 1.807) is 55.5 Å². The van der Waals surface area contributed by atoms with Crippen LogP contribution in [0.15, 0.2) is 66.9 Å². The van der Waals surface area contributed by atoms with Gasteiger partial charge in [-0.25, -0.2) is 13.6 Å². The Morgan fingerprint density at radius 2 is 1.72 bits per heavy atom. The summed E-state index contributed by atoms with van der Waals surface area (Å²) in [6.45, 7) is 1.89. The number of aromatic nitrogens is 1. The number of amides is 2. The third kappa shape index (κ3) is 6.49. The minimum Gasteiger partial charge on any atom is -0.444 e. The van der Waals surface area contributed by atoms with Crippen molar-refractivity contribution in [2.24, 2.45) is 0 Å². The van der Waals surface area contributed by atoms with Gasteiger partial charge in [0.25, 0.3) is 12.3 Å². The van der Waals surface area contributed by atoms with E-state index in [9.17, 15) is 18.4 Å². The largest absolute Gasteiger partial charge is 0.444 e. The second-order valence-corrected chi connectivity index (χ2v) is 7.35. The van der Waals surface area contributed by atoms with Gasteiger partial charge in [-0.2, -0.15) is 0 Å². The summed E-state index contributed by atoms with van der Waals surface area (Å²) >= 11 is 5.82. The maximum atomic E-state index is 12.6. The van der Waals surface area contributed by atoms with Crippen LogP contribution in [0, 0.1) is 0 Å². The quantitative estimate of drug-likeness (QED) is 0.460.